The molecule has 310 valence electrons. The van der Waals surface area contributed by atoms with E-state index < -0.39 is 5.41 Å². The molecule has 9 aromatic rings. The molecule has 3 heteroatoms. The van der Waals surface area contributed by atoms with Crippen LogP contribution in [0.15, 0.2) is 200 Å². The molecule has 0 atom stereocenters. The van der Waals surface area contributed by atoms with Crippen molar-refractivity contribution in [2.45, 2.75) is 42.9 Å². The van der Waals surface area contributed by atoms with Gasteiger partial charge in [0.2, 0.25) is 0 Å². The van der Waals surface area contributed by atoms with E-state index in [2.05, 4.69) is 200 Å². The number of nitrogens with zero attached hydrogens (tertiary/aromatic N) is 3. The zero-order valence-corrected chi connectivity index (χ0v) is 36.2. The first-order valence-electron chi connectivity index (χ1n) is 23.7. The van der Waals surface area contributed by atoms with Crippen molar-refractivity contribution in [3.8, 4) is 67.5 Å². The zero-order valence-electron chi connectivity index (χ0n) is 36.2. The molecule has 0 saturated heterocycles. The van der Waals surface area contributed by atoms with Crippen LogP contribution in [0.3, 0.4) is 0 Å². The van der Waals surface area contributed by atoms with E-state index in [1.807, 2.05) is 0 Å². The van der Waals surface area contributed by atoms with E-state index in [9.17, 15) is 0 Å². The second-order valence-corrected chi connectivity index (χ2v) is 19.5. The standard InChI is InChI=1S/C62H47N3/c1-3-15-41(16-4-1)43-19-13-21-45(36-43)58-63-59(46-22-14-20-44(37-46)42-17-5-2-6-18-42)65-60(64-58)47-29-30-56-57(38-47)62(52-25-9-7-23-50(52)51-24-8-10-26-53(51)62)55-28-12-11-27-54(55)61(56)48-32-39-31-40(34-48)35-49(61)33-39/h1-30,36-40,48-49H,31-35H2. The van der Waals surface area contributed by atoms with Crippen molar-refractivity contribution in [1.82, 2.24) is 15.0 Å². The van der Waals surface area contributed by atoms with Crippen molar-refractivity contribution in [2.75, 3.05) is 0 Å². The van der Waals surface area contributed by atoms with Crippen LogP contribution in [0.2, 0.25) is 0 Å². The van der Waals surface area contributed by atoms with Crippen LogP contribution in [-0.4, -0.2) is 15.0 Å². The Kier molecular flexibility index (Phi) is 8.08. The molecule has 0 N–H and O–H groups in total. The Labute approximate surface area is 381 Å². The van der Waals surface area contributed by atoms with Crippen molar-refractivity contribution in [3.63, 3.8) is 0 Å². The lowest BCUT2D eigenvalue weighted by Crippen LogP contribution is -2.59. The molecule has 0 amide bonds. The van der Waals surface area contributed by atoms with E-state index in [1.165, 1.54) is 71.0 Å². The van der Waals surface area contributed by atoms with Crippen LogP contribution in [0, 0.1) is 23.7 Å². The number of aromatic nitrogens is 3. The SMILES string of the molecule is c1ccc(-c2cccc(-c3nc(-c4cccc(-c5ccccc5)c4)nc(-c4ccc5c(c4)C4(c6ccccc6-c6ccccc64)c4ccccc4C54C5CC6CC(C5)CC4C6)n3)c2)cc1. The van der Waals surface area contributed by atoms with Gasteiger partial charge in [-0.3, -0.25) is 0 Å². The van der Waals surface area contributed by atoms with Crippen LogP contribution < -0.4 is 0 Å². The molecule has 4 bridgehead atoms. The highest BCUT2D eigenvalue weighted by atomic mass is 15.0. The molecule has 4 fully saturated rings. The van der Waals surface area contributed by atoms with Gasteiger partial charge in [-0.15, -0.1) is 0 Å². The van der Waals surface area contributed by atoms with E-state index in [4.69, 9.17) is 15.0 Å². The number of benzene rings is 8. The van der Waals surface area contributed by atoms with Gasteiger partial charge in [-0.05, 0) is 141 Å². The van der Waals surface area contributed by atoms with Crippen molar-refractivity contribution < 1.29 is 0 Å². The van der Waals surface area contributed by atoms with Gasteiger partial charge >= 0.3 is 0 Å². The average Bonchev–Trinajstić information content (AvgIpc) is 3.67. The predicted molar refractivity (Wildman–Crippen MR) is 262 cm³/mol. The quantitative estimate of drug-likeness (QED) is 0.173. The fourth-order valence-electron chi connectivity index (χ4n) is 14.1. The summed E-state index contributed by atoms with van der Waals surface area (Å²) < 4.78 is 0. The molecule has 1 heterocycles. The summed E-state index contributed by atoms with van der Waals surface area (Å²) in [5.41, 5.74) is 18.4. The summed E-state index contributed by atoms with van der Waals surface area (Å²) in [6.45, 7) is 0. The third-order valence-electron chi connectivity index (χ3n) is 16.4. The van der Waals surface area contributed by atoms with Crippen LogP contribution >= 0.6 is 0 Å². The predicted octanol–water partition coefficient (Wildman–Crippen LogP) is 14.6. The third-order valence-corrected chi connectivity index (χ3v) is 16.4. The summed E-state index contributed by atoms with van der Waals surface area (Å²) in [7, 11) is 0. The van der Waals surface area contributed by atoms with Crippen LogP contribution in [-0.2, 0) is 10.8 Å². The summed E-state index contributed by atoms with van der Waals surface area (Å²) in [5, 5.41) is 0. The Hall–Kier alpha value is -7.23. The maximum absolute atomic E-state index is 5.47. The molecular formula is C62H47N3. The van der Waals surface area contributed by atoms with Crippen molar-refractivity contribution in [1.29, 1.82) is 0 Å². The highest BCUT2D eigenvalue weighted by Crippen LogP contribution is 2.71. The number of rotatable bonds is 5. The first-order valence-corrected chi connectivity index (χ1v) is 23.7. The lowest BCUT2D eigenvalue weighted by Gasteiger charge is -2.65. The number of hydrogen-bond acceptors (Lipinski definition) is 3. The van der Waals surface area contributed by atoms with Crippen molar-refractivity contribution >= 4 is 0 Å². The van der Waals surface area contributed by atoms with Crippen molar-refractivity contribution in [3.05, 3.63) is 234 Å². The fourth-order valence-corrected chi connectivity index (χ4v) is 14.1. The molecule has 2 spiro atoms. The lowest BCUT2D eigenvalue weighted by molar-refractivity contribution is -0.0440. The maximum atomic E-state index is 5.47. The van der Waals surface area contributed by atoms with Crippen LogP contribution in [0.25, 0.3) is 67.5 Å². The van der Waals surface area contributed by atoms with E-state index in [0.29, 0.717) is 29.3 Å². The normalized spacial score (nSPS) is 22.3. The summed E-state index contributed by atoms with van der Waals surface area (Å²) >= 11 is 0. The van der Waals surface area contributed by atoms with Gasteiger partial charge < -0.3 is 0 Å². The monoisotopic (exact) mass is 833 g/mol. The molecule has 15 rings (SSSR count). The highest BCUT2D eigenvalue weighted by Gasteiger charge is 2.64. The molecule has 0 radical (unpaired) electrons. The third kappa shape index (κ3) is 5.33. The largest absolute Gasteiger partial charge is 0.208 e. The summed E-state index contributed by atoms with van der Waals surface area (Å²) in [6, 6.07) is 74.0. The molecule has 3 nitrogen and oxygen atoms in total. The summed E-state index contributed by atoms with van der Waals surface area (Å²) in [6.07, 6.45) is 6.73. The zero-order chi connectivity index (χ0) is 42.7. The smallest absolute Gasteiger partial charge is 0.164 e. The lowest BCUT2D eigenvalue weighted by atomic mass is 9.38. The first-order chi connectivity index (χ1) is 32.2. The molecule has 6 aliphatic carbocycles. The minimum absolute atomic E-state index is 0.0409. The van der Waals surface area contributed by atoms with Gasteiger partial charge in [0.15, 0.2) is 17.5 Å². The minimum atomic E-state index is -0.498. The Morgan fingerprint density at radius 1 is 0.292 bits per heavy atom. The van der Waals surface area contributed by atoms with Gasteiger partial charge in [0.25, 0.3) is 0 Å². The summed E-state index contributed by atoms with van der Waals surface area (Å²) in [5.74, 6) is 4.97. The van der Waals surface area contributed by atoms with Gasteiger partial charge in [-0.2, -0.15) is 0 Å². The van der Waals surface area contributed by atoms with Crippen molar-refractivity contribution in [2.24, 2.45) is 23.7 Å². The van der Waals surface area contributed by atoms with Gasteiger partial charge in [-0.25, -0.2) is 15.0 Å². The number of fused-ring (bicyclic) bond motifs is 9. The molecule has 65 heavy (non-hydrogen) atoms. The molecule has 1 aromatic heterocycles. The van der Waals surface area contributed by atoms with E-state index in [-0.39, 0.29) is 5.41 Å². The Morgan fingerprint density at radius 2 is 0.692 bits per heavy atom. The molecule has 4 saturated carbocycles. The highest BCUT2D eigenvalue weighted by molar-refractivity contribution is 5.89. The van der Waals surface area contributed by atoms with Gasteiger partial charge in [-0.1, -0.05) is 182 Å². The van der Waals surface area contributed by atoms with E-state index >= 15 is 0 Å². The molecule has 6 aliphatic rings. The van der Waals surface area contributed by atoms with Gasteiger partial charge in [0.05, 0.1) is 5.41 Å². The second kappa shape index (κ2) is 14.1. The average molecular weight is 834 g/mol. The molecular weight excluding hydrogens is 787 g/mol. The second-order valence-electron chi connectivity index (χ2n) is 19.5. The topological polar surface area (TPSA) is 38.7 Å². The van der Waals surface area contributed by atoms with Gasteiger partial charge in [0, 0.05) is 22.1 Å². The Balaban J connectivity index is 1.03. The van der Waals surface area contributed by atoms with Crippen LogP contribution in [0.1, 0.15) is 65.5 Å². The molecule has 0 aliphatic heterocycles. The van der Waals surface area contributed by atoms with Crippen LogP contribution in [0.4, 0.5) is 0 Å². The van der Waals surface area contributed by atoms with Crippen LogP contribution in [0.5, 0.6) is 0 Å². The summed E-state index contributed by atoms with van der Waals surface area (Å²) in [4.78, 5) is 16.2. The molecule has 0 unspecified atom stereocenters. The number of hydrogen-bond donors (Lipinski definition) is 0. The molecule has 8 aromatic carbocycles. The maximum Gasteiger partial charge on any atom is 0.164 e. The minimum Gasteiger partial charge on any atom is -0.208 e. The fraction of sp³-hybridized carbons (Fsp3) is 0.177. The Bertz CT molecular complexity index is 3170. The van der Waals surface area contributed by atoms with E-state index in [0.717, 1.165) is 50.8 Å². The Morgan fingerprint density at radius 3 is 1.22 bits per heavy atom. The van der Waals surface area contributed by atoms with Gasteiger partial charge in [0.1, 0.15) is 0 Å². The van der Waals surface area contributed by atoms with E-state index in [1.54, 1.807) is 5.56 Å². The first kappa shape index (κ1) is 37.2.